The highest BCUT2D eigenvalue weighted by molar-refractivity contribution is 6.27. The van der Waals surface area contributed by atoms with Gasteiger partial charge in [-0.05, 0) is 0 Å². The lowest BCUT2D eigenvalue weighted by molar-refractivity contribution is 0.0974. The number of nitrogens with one attached hydrogen (secondary N) is 2. The molecule has 100 valence electrons. The zero-order valence-electron chi connectivity index (χ0n) is 10.4. The number of hydrogen-bond donors (Lipinski definition) is 2. The summed E-state index contributed by atoms with van der Waals surface area (Å²) in [6.45, 7) is 0. The predicted octanol–water partition coefficient (Wildman–Crippen LogP) is 1.36. The van der Waals surface area contributed by atoms with E-state index in [4.69, 9.17) is 0 Å². The lowest BCUT2D eigenvalue weighted by Crippen LogP contribution is -2.20. The molecular formula is C13H9N3O4. The van der Waals surface area contributed by atoms with Gasteiger partial charge in [-0.2, -0.15) is 0 Å². The Labute approximate surface area is 113 Å². The van der Waals surface area contributed by atoms with Gasteiger partial charge < -0.3 is 9.72 Å². The molecule has 1 aliphatic carbocycles. The molecule has 2 N–H and O–H groups in total. The van der Waals surface area contributed by atoms with Crippen LogP contribution in [0.1, 0.15) is 32.1 Å². The van der Waals surface area contributed by atoms with Crippen LogP contribution in [0.15, 0.2) is 24.3 Å². The molecule has 0 saturated carbocycles. The zero-order valence-corrected chi connectivity index (χ0v) is 10.4. The number of fused-ring (bicyclic) bond motifs is 2. The van der Waals surface area contributed by atoms with Gasteiger partial charge in [-0.25, -0.2) is 9.78 Å². The first-order valence-electron chi connectivity index (χ1n) is 5.75. The molecule has 3 rings (SSSR count). The van der Waals surface area contributed by atoms with Crippen molar-refractivity contribution in [2.24, 2.45) is 0 Å². The van der Waals surface area contributed by atoms with Crippen LogP contribution >= 0.6 is 0 Å². The molecule has 1 aromatic heterocycles. The molecule has 0 aliphatic heterocycles. The van der Waals surface area contributed by atoms with Crippen molar-refractivity contribution in [3.8, 4) is 0 Å². The molecule has 0 atom stereocenters. The molecule has 1 amide bonds. The number of aromatic amines is 1. The minimum Gasteiger partial charge on any atom is -0.453 e. The van der Waals surface area contributed by atoms with Gasteiger partial charge in [-0.3, -0.25) is 14.9 Å². The maximum absolute atomic E-state index is 12.3. The van der Waals surface area contributed by atoms with E-state index in [-0.39, 0.29) is 28.9 Å². The standard InChI is InChI=1S/C13H9N3O4/c1-20-13(19)16-12-14-8-9(15-12)11(18)7-5-3-2-4-6(7)10(8)17/h2-5H,1H3,(H2,14,15,16,19). The second-order valence-corrected chi connectivity index (χ2v) is 4.13. The van der Waals surface area contributed by atoms with Crippen LogP contribution in [-0.4, -0.2) is 34.7 Å². The van der Waals surface area contributed by atoms with Crippen molar-refractivity contribution in [1.29, 1.82) is 0 Å². The Morgan fingerprint density at radius 1 is 1.20 bits per heavy atom. The van der Waals surface area contributed by atoms with Crippen molar-refractivity contribution in [3.05, 3.63) is 46.8 Å². The lowest BCUT2D eigenvalue weighted by Gasteiger charge is -2.11. The number of amides is 1. The lowest BCUT2D eigenvalue weighted by atomic mass is 9.90. The van der Waals surface area contributed by atoms with E-state index in [2.05, 4.69) is 20.0 Å². The van der Waals surface area contributed by atoms with Crippen molar-refractivity contribution in [2.75, 3.05) is 12.4 Å². The van der Waals surface area contributed by atoms with Gasteiger partial charge >= 0.3 is 6.09 Å². The molecule has 0 fully saturated rings. The number of imidazole rings is 1. The zero-order chi connectivity index (χ0) is 14.3. The molecule has 0 spiro atoms. The number of rotatable bonds is 1. The van der Waals surface area contributed by atoms with Crippen molar-refractivity contribution in [3.63, 3.8) is 0 Å². The average Bonchev–Trinajstić information content (AvgIpc) is 2.89. The number of nitrogens with zero attached hydrogens (tertiary/aromatic N) is 1. The Kier molecular flexibility index (Phi) is 2.60. The number of anilines is 1. The van der Waals surface area contributed by atoms with Gasteiger partial charge in [-0.15, -0.1) is 0 Å². The van der Waals surface area contributed by atoms with Crippen molar-refractivity contribution < 1.29 is 19.1 Å². The number of H-pyrrole nitrogens is 1. The summed E-state index contributed by atoms with van der Waals surface area (Å²) in [5.41, 5.74) is 0.694. The Hall–Kier alpha value is -2.96. The Morgan fingerprint density at radius 3 is 2.50 bits per heavy atom. The highest BCUT2D eigenvalue weighted by atomic mass is 16.5. The molecular weight excluding hydrogens is 262 g/mol. The van der Waals surface area contributed by atoms with Crippen molar-refractivity contribution in [1.82, 2.24) is 9.97 Å². The minimum absolute atomic E-state index is 0.0000954. The van der Waals surface area contributed by atoms with E-state index in [0.29, 0.717) is 11.1 Å². The van der Waals surface area contributed by atoms with Gasteiger partial charge in [0, 0.05) is 11.1 Å². The number of benzene rings is 1. The third kappa shape index (κ3) is 1.68. The second kappa shape index (κ2) is 4.30. The van der Waals surface area contributed by atoms with Crippen LogP contribution < -0.4 is 5.32 Å². The average molecular weight is 271 g/mol. The normalized spacial score (nSPS) is 12.7. The number of aromatic nitrogens is 2. The SMILES string of the molecule is COC(=O)Nc1nc2c([nH]1)C(=O)c1ccccc1C2=O. The first kappa shape index (κ1) is 12.1. The van der Waals surface area contributed by atoms with Crippen LogP contribution in [0.2, 0.25) is 0 Å². The van der Waals surface area contributed by atoms with Gasteiger partial charge in [0.2, 0.25) is 17.5 Å². The number of carbonyl (C=O) groups excluding carboxylic acids is 3. The minimum atomic E-state index is -0.742. The number of methoxy groups -OCH3 is 1. The third-order valence-corrected chi connectivity index (χ3v) is 2.97. The molecule has 1 heterocycles. The first-order valence-corrected chi connectivity index (χ1v) is 5.75. The molecule has 0 saturated heterocycles. The van der Waals surface area contributed by atoms with E-state index < -0.39 is 6.09 Å². The topological polar surface area (TPSA) is 101 Å². The molecule has 7 nitrogen and oxygen atoms in total. The van der Waals surface area contributed by atoms with Crippen molar-refractivity contribution in [2.45, 2.75) is 0 Å². The van der Waals surface area contributed by atoms with Gasteiger partial charge in [0.1, 0.15) is 11.4 Å². The Bertz CT molecular complexity index is 695. The molecule has 0 unspecified atom stereocenters. The van der Waals surface area contributed by atoms with Gasteiger partial charge in [0.15, 0.2) is 0 Å². The maximum atomic E-state index is 12.3. The summed E-state index contributed by atoms with van der Waals surface area (Å²) in [5.74, 6) is -0.693. The van der Waals surface area contributed by atoms with Crippen molar-refractivity contribution >= 4 is 23.6 Å². The fourth-order valence-corrected chi connectivity index (χ4v) is 2.05. The fourth-order valence-electron chi connectivity index (χ4n) is 2.05. The van der Waals surface area contributed by atoms with Crippen LogP contribution in [0.25, 0.3) is 0 Å². The van der Waals surface area contributed by atoms with E-state index in [1.54, 1.807) is 24.3 Å². The van der Waals surface area contributed by atoms with Gasteiger partial charge in [0.25, 0.3) is 0 Å². The summed E-state index contributed by atoms with van der Waals surface area (Å²) < 4.78 is 4.42. The quantitative estimate of drug-likeness (QED) is 0.696. The summed E-state index contributed by atoms with van der Waals surface area (Å²) in [4.78, 5) is 42.2. The summed E-state index contributed by atoms with van der Waals surface area (Å²) in [5, 5.41) is 2.28. The van der Waals surface area contributed by atoms with Crippen LogP contribution in [0.4, 0.5) is 10.7 Å². The summed E-state index contributed by atoms with van der Waals surface area (Å²) in [6, 6.07) is 6.50. The summed E-state index contributed by atoms with van der Waals surface area (Å²) >= 11 is 0. The molecule has 20 heavy (non-hydrogen) atoms. The number of ether oxygens (including phenoxy) is 1. The van der Waals surface area contributed by atoms with Crippen LogP contribution in [-0.2, 0) is 4.74 Å². The highest BCUT2D eigenvalue weighted by Gasteiger charge is 2.33. The van der Waals surface area contributed by atoms with E-state index in [0.717, 1.165) is 0 Å². The smallest absolute Gasteiger partial charge is 0.413 e. The van der Waals surface area contributed by atoms with Gasteiger partial charge in [0.05, 0.1) is 7.11 Å². The molecule has 2 aromatic rings. The Morgan fingerprint density at radius 2 is 1.85 bits per heavy atom. The first-order chi connectivity index (χ1) is 9.61. The maximum Gasteiger partial charge on any atom is 0.413 e. The molecule has 1 aliphatic rings. The van der Waals surface area contributed by atoms with Crippen LogP contribution in [0.5, 0.6) is 0 Å². The second-order valence-electron chi connectivity index (χ2n) is 4.13. The van der Waals surface area contributed by atoms with E-state index in [9.17, 15) is 14.4 Å². The van der Waals surface area contributed by atoms with Crippen LogP contribution in [0, 0.1) is 0 Å². The van der Waals surface area contributed by atoms with E-state index in [1.165, 1.54) is 7.11 Å². The summed E-state index contributed by atoms with van der Waals surface area (Å²) in [6.07, 6.45) is -0.742. The number of hydrogen-bond acceptors (Lipinski definition) is 5. The van der Waals surface area contributed by atoms with E-state index in [1.807, 2.05) is 0 Å². The van der Waals surface area contributed by atoms with Crippen LogP contribution in [0.3, 0.4) is 0 Å². The number of carbonyl (C=O) groups is 3. The monoisotopic (exact) mass is 271 g/mol. The molecule has 7 heteroatoms. The number of ketones is 2. The van der Waals surface area contributed by atoms with Gasteiger partial charge in [-0.1, -0.05) is 24.3 Å². The predicted molar refractivity (Wildman–Crippen MR) is 67.9 cm³/mol. The summed E-state index contributed by atoms with van der Waals surface area (Å²) in [7, 11) is 1.20. The Balaban J connectivity index is 2.07. The largest absolute Gasteiger partial charge is 0.453 e. The molecule has 0 bridgehead atoms. The molecule has 1 aromatic carbocycles. The molecule has 0 radical (unpaired) electrons. The fraction of sp³-hybridized carbons (Fsp3) is 0.0769. The van der Waals surface area contributed by atoms with E-state index >= 15 is 0 Å². The highest BCUT2D eigenvalue weighted by Crippen LogP contribution is 2.26. The third-order valence-electron chi connectivity index (χ3n) is 2.97.